The van der Waals surface area contributed by atoms with Crippen LogP contribution >= 0.6 is 0 Å². The van der Waals surface area contributed by atoms with Gasteiger partial charge in [-0.15, -0.1) is 0 Å². The maximum Gasteiger partial charge on any atom is 0.274 e. The van der Waals surface area contributed by atoms with E-state index < -0.39 is 4.92 Å². The van der Waals surface area contributed by atoms with Crippen LogP contribution in [0.5, 0.6) is 5.75 Å². The van der Waals surface area contributed by atoms with E-state index in [0.29, 0.717) is 11.5 Å². The number of nitrogens with zero attached hydrogens (tertiary/aromatic N) is 1. The number of phenols is 1. The van der Waals surface area contributed by atoms with Crippen LogP contribution in [0, 0.1) is 16.0 Å². The summed E-state index contributed by atoms with van der Waals surface area (Å²) >= 11 is 0. The van der Waals surface area contributed by atoms with E-state index in [-0.39, 0.29) is 17.5 Å². The average Bonchev–Trinajstić information content (AvgIpc) is 2.14. The normalized spacial score (nSPS) is 17.8. The van der Waals surface area contributed by atoms with Crippen molar-refractivity contribution in [3.63, 3.8) is 0 Å². The maximum atomic E-state index is 10.8. The number of hydrogen-bond acceptors (Lipinski definition) is 4. The maximum absolute atomic E-state index is 10.8. The SMILES string of the molecule is N[C@@H](c1cc(O)ccc1[N+](=O)[O-])C1CCC1. The molecule has 0 heterocycles. The smallest absolute Gasteiger partial charge is 0.274 e. The van der Waals surface area contributed by atoms with Crippen molar-refractivity contribution in [1.29, 1.82) is 0 Å². The summed E-state index contributed by atoms with van der Waals surface area (Å²) in [5.74, 6) is 0.330. The van der Waals surface area contributed by atoms with E-state index in [1.807, 2.05) is 0 Å². The molecule has 0 saturated heterocycles. The molecule has 16 heavy (non-hydrogen) atoms. The van der Waals surface area contributed by atoms with Crippen LogP contribution in [0.1, 0.15) is 30.9 Å². The fourth-order valence-electron chi connectivity index (χ4n) is 2.03. The van der Waals surface area contributed by atoms with E-state index in [0.717, 1.165) is 19.3 Å². The topological polar surface area (TPSA) is 89.4 Å². The van der Waals surface area contributed by atoms with Crippen molar-refractivity contribution in [2.75, 3.05) is 0 Å². The summed E-state index contributed by atoms with van der Waals surface area (Å²) in [4.78, 5) is 10.4. The first-order valence-electron chi connectivity index (χ1n) is 5.32. The van der Waals surface area contributed by atoms with Crippen LogP contribution in [0.25, 0.3) is 0 Å². The number of benzene rings is 1. The van der Waals surface area contributed by atoms with Crippen LogP contribution < -0.4 is 5.73 Å². The predicted octanol–water partition coefficient (Wildman–Crippen LogP) is 2.10. The Morgan fingerprint density at radius 2 is 2.19 bits per heavy atom. The Bertz CT molecular complexity index is 416. The molecule has 0 radical (unpaired) electrons. The Hall–Kier alpha value is -1.62. The molecule has 0 amide bonds. The number of aromatic hydroxyl groups is 1. The molecule has 0 aromatic heterocycles. The standard InChI is InChI=1S/C11H14N2O3/c12-11(7-2-1-3-7)9-6-8(14)4-5-10(9)13(15)16/h4-7,11,14H,1-3,12H2/t11-/m1/s1. The van der Waals surface area contributed by atoms with E-state index in [2.05, 4.69) is 0 Å². The summed E-state index contributed by atoms with van der Waals surface area (Å²) in [6, 6.07) is 3.68. The fraction of sp³-hybridized carbons (Fsp3) is 0.455. The third kappa shape index (κ3) is 1.86. The zero-order valence-corrected chi connectivity index (χ0v) is 8.80. The zero-order valence-electron chi connectivity index (χ0n) is 8.80. The molecule has 1 aromatic rings. The molecule has 5 nitrogen and oxygen atoms in total. The fourth-order valence-corrected chi connectivity index (χ4v) is 2.03. The van der Waals surface area contributed by atoms with Gasteiger partial charge in [0.2, 0.25) is 0 Å². The summed E-state index contributed by atoms with van der Waals surface area (Å²) < 4.78 is 0. The van der Waals surface area contributed by atoms with E-state index in [1.165, 1.54) is 18.2 Å². The molecular formula is C11H14N2O3. The lowest BCUT2D eigenvalue weighted by Gasteiger charge is -2.31. The third-order valence-electron chi connectivity index (χ3n) is 3.22. The second-order valence-electron chi connectivity index (χ2n) is 4.22. The second-order valence-corrected chi connectivity index (χ2v) is 4.22. The van der Waals surface area contributed by atoms with E-state index in [1.54, 1.807) is 0 Å². The van der Waals surface area contributed by atoms with Gasteiger partial charge in [-0.05, 0) is 30.9 Å². The Morgan fingerprint density at radius 1 is 1.50 bits per heavy atom. The Kier molecular flexibility index (Phi) is 2.78. The van der Waals surface area contributed by atoms with Gasteiger partial charge in [0.15, 0.2) is 0 Å². The summed E-state index contributed by atoms with van der Waals surface area (Å²) in [7, 11) is 0. The highest BCUT2D eigenvalue weighted by molar-refractivity contribution is 5.46. The molecular weight excluding hydrogens is 208 g/mol. The molecule has 3 N–H and O–H groups in total. The van der Waals surface area contributed by atoms with Gasteiger partial charge in [-0.1, -0.05) is 6.42 Å². The van der Waals surface area contributed by atoms with Crippen molar-refractivity contribution in [3.05, 3.63) is 33.9 Å². The third-order valence-corrected chi connectivity index (χ3v) is 3.22. The van der Waals surface area contributed by atoms with Gasteiger partial charge in [-0.25, -0.2) is 0 Å². The van der Waals surface area contributed by atoms with Crippen molar-refractivity contribution >= 4 is 5.69 Å². The highest BCUT2D eigenvalue weighted by Gasteiger charge is 2.30. The van der Waals surface area contributed by atoms with Gasteiger partial charge in [0.25, 0.3) is 5.69 Å². The minimum atomic E-state index is -0.451. The van der Waals surface area contributed by atoms with Crippen LogP contribution in [-0.4, -0.2) is 10.0 Å². The number of hydrogen-bond donors (Lipinski definition) is 2. The molecule has 5 heteroatoms. The first kappa shape index (κ1) is 10.9. The number of nitro benzene ring substituents is 1. The average molecular weight is 222 g/mol. The first-order chi connectivity index (χ1) is 7.59. The predicted molar refractivity (Wildman–Crippen MR) is 59.0 cm³/mol. The van der Waals surface area contributed by atoms with Crippen molar-refractivity contribution in [3.8, 4) is 5.75 Å². The van der Waals surface area contributed by atoms with Gasteiger partial charge >= 0.3 is 0 Å². The molecule has 2 rings (SSSR count). The van der Waals surface area contributed by atoms with Crippen molar-refractivity contribution in [2.45, 2.75) is 25.3 Å². The lowest BCUT2D eigenvalue weighted by Crippen LogP contribution is -2.27. The van der Waals surface area contributed by atoms with Gasteiger partial charge in [0.05, 0.1) is 10.5 Å². The molecule has 1 aliphatic rings. The molecule has 1 fully saturated rings. The van der Waals surface area contributed by atoms with Gasteiger partial charge < -0.3 is 10.8 Å². The van der Waals surface area contributed by atoms with E-state index in [9.17, 15) is 15.2 Å². The summed E-state index contributed by atoms with van der Waals surface area (Å²) in [5.41, 5.74) is 6.43. The Labute approximate surface area is 93.0 Å². The molecule has 1 saturated carbocycles. The highest BCUT2D eigenvalue weighted by Crippen LogP contribution is 2.39. The van der Waals surface area contributed by atoms with Crippen LogP contribution in [0.4, 0.5) is 5.69 Å². The molecule has 0 aliphatic heterocycles. The summed E-state index contributed by atoms with van der Waals surface area (Å²) in [6.07, 6.45) is 3.15. The molecule has 1 aliphatic carbocycles. The van der Waals surface area contributed by atoms with E-state index >= 15 is 0 Å². The number of rotatable bonds is 3. The minimum Gasteiger partial charge on any atom is -0.508 e. The van der Waals surface area contributed by atoms with Gasteiger partial charge in [-0.3, -0.25) is 10.1 Å². The summed E-state index contributed by atoms with van der Waals surface area (Å²) in [5, 5.41) is 20.2. The Morgan fingerprint density at radius 3 is 2.69 bits per heavy atom. The second kappa shape index (κ2) is 4.09. The first-order valence-corrected chi connectivity index (χ1v) is 5.32. The van der Waals surface area contributed by atoms with Crippen molar-refractivity contribution < 1.29 is 10.0 Å². The number of phenolic OH excluding ortho intramolecular Hbond substituents is 1. The van der Waals surface area contributed by atoms with Gasteiger partial charge in [0, 0.05) is 12.1 Å². The molecule has 0 spiro atoms. The lowest BCUT2D eigenvalue weighted by atomic mass is 9.77. The quantitative estimate of drug-likeness (QED) is 0.605. The van der Waals surface area contributed by atoms with Crippen LogP contribution in [0.15, 0.2) is 18.2 Å². The highest BCUT2D eigenvalue weighted by atomic mass is 16.6. The van der Waals surface area contributed by atoms with Crippen LogP contribution in [-0.2, 0) is 0 Å². The van der Waals surface area contributed by atoms with Gasteiger partial charge in [-0.2, -0.15) is 0 Å². The molecule has 0 bridgehead atoms. The molecule has 0 unspecified atom stereocenters. The van der Waals surface area contributed by atoms with Gasteiger partial charge in [0.1, 0.15) is 5.75 Å². The zero-order chi connectivity index (χ0) is 11.7. The van der Waals surface area contributed by atoms with Crippen LogP contribution in [0.3, 0.4) is 0 Å². The molecule has 1 atom stereocenters. The van der Waals surface area contributed by atoms with Crippen LogP contribution in [0.2, 0.25) is 0 Å². The number of nitrogens with two attached hydrogens (primary N) is 1. The summed E-state index contributed by atoms with van der Waals surface area (Å²) in [6.45, 7) is 0. The van der Waals surface area contributed by atoms with Crippen molar-refractivity contribution in [1.82, 2.24) is 0 Å². The largest absolute Gasteiger partial charge is 0.508 e. The molecule has 86 valence electrons. The van der Waals surface area contributed by atoms with E-state index in [4.69, 9.17) is 5.73 Å². The lowest BCUT2D eigenvalue weighted by molar-refractivity contribution is -0.385. The monoisotopic (exact) mass is 222 g/mol. The van der Waals surface area contributed by atoms with Crippen molar-refractivity contribution in [2.24, 2.45) is 11.7 Å². The number of nitro groups is 1. The molecule has 1 aromatic carbocycles. The minimum absolute atomic E-state index is 0.00259. The Balaban J connectivity index is 2.36.